The van der Waals surface area contributed by atoms with Crippen LogP contribution in [0.3, 0.4) is 0 Å². The number of rotatable bonds is 8. The lowest BCUT2D eigenvalue weighted by Crippen LogP contribution is -2.18. The first-order chi connectivity index (χ1) is 9.93. The highest BCUT2D eigenvalue weighted by molar-refractivity contribution is 5.92. The quantitative estimate of drug-likeness (QED) is 0.683. The molecular formula is C15H19NO5. The van der Waals surface area contributed by atoms with Gasteiger partial charge in [-0.1, -0.05) is 13.3 Å². The van der Waals surface area contributed by atoms with E-state index in [1.807, 2.05) is 6.92 Å². The van der Waals surface area contributed by atoms with Crippen LogP contribution in [0.5, 0.6) is 0 Å². The summed E-state index contributed by atoms with van der Waals surface area (Å²) < 4.78 is 0. The molecule has 114 valence electrons. The van der Waals surface area contributed by atoms with Crippen LogP contribution in [0.4, 0.5) is 5.69 Å². The Morgan fingerprint density at radius 3 is 2.19 bits per heavy atom. The molecule has 3 N–H and O–H groups in total. The summed E-state index contributed by atoms with van der Waals surface area (Å²) in [6.07, 6.45) is 1.73. The monoisotopic (exact) mass is 293 g/mol. The Labute approximate surface area is 122 Å². The second-order valence-corrected chi connectivity index (χ2v) is 4.79. The Morgan fingerprint density at radius 1 is 1.10 bits per heavy atom. The molecule has 0 bridgehead atoms. The maximum absolute atomic E-state index is 11.7. The molecule has 0 heterocycles. The molecular weight excluding hydrogens is 274 g/mol. The molecule has 0 aliphatic rings. The molecule has 1 atom stereocenters. The lowest BCUT2D eigenvalue weighted by atomic mass is 9.98. The van der Waals surface area contributed by atoms with E-state index in [0.29, 0.717) is 18.5 Å². The smallest absolute Gasteiger partial charge is 0.335 e. The van der Waals surface area contributed by atoms with Gasteiger partial charge in [0.25, 0.3) is 0 Å². The van der Waals surface area contributed by atoms with E-state index in [1.165, 1.54) is 24.3 Å². The van der Waals surface area contributed by atoms with E-state index in [4.69, 9.17) is 10.2 Å². The number of amides is 1. The van der Waals surface area contributed by atoms with E-state index in [0.717, 1.165) is 6.42 Å². The molecule has 0 unspecified atom stereocenters. The SMILES string of the molecule is CCC[C@@H](CCC(=O)Nc1ccc(C(=O)O)cc1)C(=O)O. The first-order valence-corrected chi connectivity index (χ1v) is 6.80. The van der Waals surface area contributed by atoms with Crippen molar-refractivity contribution in [2.45, 2.75) is 32.6 Å². The van der Waals surface area contributed by atoms with Crippen molar-refractivity contribution < 1.29 is 24.6 Å². The fourth-order valence-electron chi connectivity index (χ4n) is 1.96. The molecule has 0 aliphatic carbocycles. The van der Waals surface area contributed by atoms with Crippen LogP contribution in [0.15, 0.2) is 24.3 Å². The predicted octanol–water partition coefficient (Wildman–Crippen LogP) is 2.60. The molecule has 0 radical (unpaired) electrons. The van der Waals surface area contributed by atoms with Crippen molar-refractivity contribution in [3.63, 3.8) is 0 Å². The standard InChI is InChI=1S/C15H19NO5/c1-2-3-10(14(18)19)6-9-13(17)16-12-7-4-11(5-8-12)15(20)21/h4-5,7-8,10H,2-3,6,9H2,1H3,(H,16,17)(H,18,19)(H,20,21)/t10-/m0/s1. The van der Waals surface area contributed by atoms with Crippen LogP contribution >= 0.6 is 0 Å². The van der Waals surface area contributed by atoms with Crippen LogP contribution in [0.1, 0.15) is 43.0 Å². The van der Waals surface area contributed by atoms with Crippen molar-refractivity contribution in [1.82, 2.24) is 0 Å². The first-order valence-electron chi connectivity index (χ1n) is 6.80. The number of hydrogen-bond donors (Lipinski definition) is 3. The zero-order chi connectivity index (χ0) is 15.8. The van der Waals surface area contributed by atoms with Crippen molar-refractivity contribution in [2.75, 3.05) is 5.32 Å². The van der Waals surface area contributed by atoms with Gasteiger partial charge in [-0.3, -0.25) is 9.59 Å². The first kappa shape index (κ1) is 16.7. The average molecular weight is 293 g/mol. The number of benzene rings is 1. The summed E-state index contributed by atoms with van der Waals surface area (Å²) in [4.78, 5) is 33.4. The molecule has 6 nitrogen and oxygen atoms in total. The lowest BCUT2D eigenvalue weighted by Gasteiger charge is -2.11. The molecule has 6 heteroatoms. The summed E-state index contributed by atoms with van der Waals surface area (Å²) in [5.74, 6) is -2.69. The molecule has 0 aliphatic heterocycles. The summed E-state index contributed by atoms with van der Waals surface area (Å²) in [6, 6.07) is 5.80. The van der Waals surface area contributed by atoms with E-state index in [9.17, 15) is 14.4 Å². The van der Waals surface area contributed by atoms with Crippen molar-refractivity contribution in [2.24, 2.45) is 5.92 Å². The molecule has 0 aromatic heterocycles. The van der Waals surface area contributed by atoms with E-state index in [1.54, 1.807) is 0 Å². The largest absolute Gasteiger partial charge is 0.481 e. The Morgan fingerprint density at radius 2 is 1.71 bits per heavy atom. The van der Waals surface area contributed by atoms with Gasteiger partial charge in [0.1, 0.15) is 0 Å². The minimum absolute atomic E-state index is 0.123. The maximum atomic E-state index is 11.7. The summed E-state index contributed by atoms with van der Waals surface area (Å²) in [5.41, 5.74) is 0.634. The third-order valence-electron chi connectivity index (χ3n) is 3.12. The molecule has 0 saturated heterocycles. The van der Waals surface area contributed by atoms with Gasteiger partial charge >= 0.3 is 11.9 Å². The zero-order valence-corrected chi connectivity index (χ0v) is 11.8. The summed E-state index contributed by atoms with van der Waals surface area (Å²) in [7, 11) is 0. The summed E-state index contributed by atoms with van der Waals surface area (Å²) in [5, 5.41) is 20.4. The molecule has 0 fully saturated rings. The number of carbonyl (C=O) groups excluding carboxylic acids is 1. The van der Waals surface area contributed by atoms with E-state index in [-0.39, 0.29) is 17.9 Å². The molecule has 0 saturated carbocycles. The number of hydrogen-bond acceptors (Lipinski definition) is 3. The van der Waals surface area contributed by atoms with Crippen molar-refractivity contribution >= 4 is 23.5 Å². The van der Waals surface area contributed by atoms with Crippen molar-refractivity contribution in [1.29, 1.82) is 0 Å². The lowest BCUT2D eigenvalue weighted by molar-refractivity contribution is -0.142. The Balaban J connectivity index is 2.49. The molecule has 21 heavy (non-hydrogen) atoms. The fraction of sp³-hybridized carbons (Fsp3) is 0.400. The van der Waals surface area contributed by atoms with Crippen LogP contribution < -0.4 is 5.32 Å². The number of carbonyl (C=O) groups is 3. The normalized spacial score (nSPS) is 11.7. The van der Waals surface area contributed by atoms with Gasteiger partial charge in [-0.15, -0.1) is 0 Å². The number of carboxylic acids is 2. The molecule has 1 rings (SSSR count). The molecule has 1 aromatic carbocycles. The van der Waals surface area contributed by atoms with Gasteiger partial charge in [-0.05, 0) is 37.1 Å². The Hall–Kier alpha value is -2.37. The number of nitrogens with one attached hydrogen (secondary N) is 1. The summed E-state index contributed by atoms with van der Waals surface area (Å²) in [6.45, 7) is 1.90. The molecule has 1 amide bonds. The fourth-order valence-corrected chi connectivity index (χ4v) is 1.96. The number of anilines is 1. The molecule has 1 aromatic rings. The topological polar surface area (TPSA) is 104 Å². The highest BCUT2D eigenvalue weighted by atomic mass is 16.4. The van der Waals surface area contributed by atoms with Crippen LogP contribution in [0.2, 0.25) is 0 Å². The van der Waals surface area contributed by atoms with Crippen LogP contribution in [0.25, 0.3) is 0 Å². The Kier molecular flexibility index (Phi) is 6.39. The predicted molar refractivity (Wildman–Crippen MR) is 77.3 cm³/mol. The van der Waals surface area contributed by atoms with Crippen molar-refractivity contribution in [3.8, 4) is 0 Å². The average Bonchev–Trinajstić information content (AvgIpc) is 2.43. The molecule has 0 spiro atoms. The third-order valence-corrected chi connectivity index (χ3v) is 3.12. The van der Waals surface area contributed by atoms with Gasteiger partial charge in [-0.2, -0.15) is 0 Å². The maximum Gasteiger partial charge on any atom is 0.335 e. The van der Waals surface area contributed by atoms with Crippen LogP contribution in [-0.2, 0) is 9.59 Å². The van der Waals surface area contributed by atoms with Gasteiger partial charge in [0, 0.05) is 12.1 Å². The second-order valence-electron chi connectivity index (χ2n) is 4.79. The van der Waals surface area contributed by atoms with Gasteiger partial charge in [0.05, 0.1) is 11.5 Å². The van der Waals surface area contributed by atoms with Crippen LogP contribution in [0, 0.1) is 5.92 Å². The third kappa shape index (κ3) is 5.64. The van der Waals surface area contributed by atoms with Gasteiger partial charge in [0.2, 0.25) is 5.91 Å². The van der Waals surface area contributed by atoms with E-state index < -0.39 is 17.9 Å². The highest BCUT2D eigenvalue weighted by Gasteiger charge is 2.17. The number of carboxylic acid groups (broad SMARTS) is 2. The minimum Gasteiger partial charge on any atom is -0.481 e. The second kappa shape index (κ2) is 8.04. The summed E-state index contributed by atoms with van der Waals surface area (Å²) >= 11 is 0. The van der Waals surface area contributed by atoms with Crippen molar-refractivity contribution in [3.05, 3.63) is 29.8 Å². The highest BCUT2D eigenvalue weighted by Crippen LogP contribution is 2.15. The van der Waals surface area contributed by atoms with E-state index in [2.05, 4.69) is 5.32 Å². The number of aliphatic carboxylic acids is 1. The minimum atomic E-state index is -1.03. The van der Waals surface area contributed by atoms with Gasteiger partial charge in [0.15, 0.2) is 0 Å². The zero-order valence-electron chi connectivity index (χ0n) is 11.8. The Bertz CT molecular complexity index is 509. The van der Waals surface area contributed by atoms with Crippen LogP contribution in [-0.4, -0.2) is 28.1 Å². The van der Waals surface area contributed by atoms with E-state index >= 15 is 0 Å². The van der Waals surface area contributed by atoms with Gasteiger partial charge in [-0.25, -0.2) is 4.79 Å². The number of aromatic carboxylic acids is 1. The van der Waals surface area contributed by atoms with Gasteiger partial charge < -0.3 is 15.5 Å².